The van der Waals surface area contributed by atoms with Gasteiger partial charge in [-0.1, -0.05) is 66.7 Å². The molecule has 116 valence electrons. The zero-order chi connectivity index (χ0) is 16.2. The third kappa shape index (κ3) is 3.19. The Morgan fingerprint density at radius 2 is 1.61 bits per heavy atom. The number of anilines is 1. The first-order valence-electron chi connectivity index (χ1n) is 7.68. The lowest BCUT2D eigenvalue weighted by molar-refractivity contribution is -0.138. The Bertz CT molecular complexity index is 809. The maximum atomic E-state index is 11.6. The smallest absolute Gasteiger partial charge is 0.326 e. The largest absolute Gasteiger partial charge is 0.480 e. The van der Waals surface area contributed by atoms with Crippen molar-refractivity contribution in [3.8, 4) is 0 Å². The molecule has 0 spiro atoms. The number of carboxylic acid groups (broad SMARTS) is 1. The topological polar surface area (TPSA) is 40.5 Å². The highest BCUT2D eigenvalue weighted by Gasteiger charge is 2.22. The maximum absolute atomic E-state index is 11.6. The van der Waals surface area contributed by atoms with Crippen LogP contribution in [-0.4, -0.2) is 17.1 Å². The van der Waals surface area contributed by atoms with Crippen LogP contribution >= 0.6 is 0 Å². The van der Waals surface area contributed by atoms with Crippen LogP contribution in [0.4, 0.5) is 5.69 Å². The highest BCUT2D eigenvalue weighted by atomic mass is 16.4. The van der Waals surface area contributed by atoms with Gasteiger partial charge in [-0.15, -0.1) is 0 Å². The fourth-order valence-corrected chi connectivity index (χ4v) is 2.80. The van der Waals surface area contributed by atoms with Gasteiger partial charge in [-0.2, -0.15) is 0 Å². The molecule has 0 aromatic heterocycles. The minimum absolute atomic E-state index is 0.558. The Kier molecular flexibility index (Phi) is 4.29. The van der Waals surface area contributed by atoms with E-state index in [1.807, 2.05) is 77.7 Å². The van der Waals surface area contributed by atoms with Crippen molar-refractivity contribution in [2.45, 2.75) is 19.5 Å². The summed E-state index contributed by atoms with van der Waals surface area (Å²) in [7, 11) is 0. The van der Waals surface area contributed by atoms with Crippen LogP contribution < -0.4 is 4.90 Å². The molecule has 0 saturated heterocycles. The summed E-state index contributed by atoms with van der Waals surface area (Å²) in [6, 6.07) is 23.4. The molecule has 1 atom stereocenters. The van der Waals surface area contributed by atoms with Crippen molar-refractivity contribution < 1.29 is 9.90 Å². The van der Waals surface area contributed by atoms with E-state index in [2.05, 4.69) is 0 Å². The van der Waals surface area contributed by atoms with Gasteiger partial charge in [0.25, 0.3) is 0 Å². The second-order valence-corrected chi connectivity index (χ2v) is 5.63. The van der Waals surface area contributed by atoms with E-state index in [9.17, 15) is 9.90 Å². The molecule has 0 fully saturated rings. The molecule has 3 heteroatoms. The zero-order valence-electron chi connectivity index (χ0n) is 13.0. The number of hydrogen-bond donors (Lipinski definition) is 1. The second-order valence-electron chi connectivity index (χ2n) is 5.63. The third-order valence-electron chi connectivity index (χ3n) is 4.10. The van der Waals surface area contributed by atoms with Crippen LogP contribution in [0.1, 0.15) is 12.5 Å². The Hall–Kier alpha value is -2.81. The van der Waals surface area contributed by atoms with Crippen LogP contribution in [-0.2, 0) is 11.3 Å². The molecule has 23 heavy (non-hydrogen) atoms. The van der Waals surface area contributed by atoms with E-state index in [1.165, 1.54) is 0 Å². The van der Waals surface area contributed by atoms with Gasteiger partial charge in [0.1, 0.15) is 6.04 Å². The molecule has 0 saturated carbocycles. The molecular weight excluding hydrogens is 286 g/mol. The summed E-state index contributed by atoms with van der Waals surface area (Å²) in [5.74, 6) is -0.825. The van der Waals surface area contributed by atoms with Crippen molar-refractivity contribution in [3.05, 3.63) is 78.4 Å². The van der Waals surface area contributed by atoms with Gasteiger partial charge in [0.05, 0.1) is 0 Å². The van der Waals surface area contributed by atoms with Crippen LogP contribution in [0.5, 0.6) is 0 Å². The van der Waals surface area contributed by atoms with Gasteiger partial charge in [0.2, 0.25) is 0 Å². The predicted octanol–water partition coefficient (Wildman–Crippen LogP) is 4.32. The zero-order valence-corrected chi connectivity index (χ0v) is 13.0. The standard InChI is InChI=1S/C20H19NO2/c1-15(20(22)23)21(14-16-8-3-2-4-9-16)19-13-7-11-17-10-5-6-12-18(17)19/h2-13,15H,14H2,1H3,(H,22,23)/t15-/m0/s1. The molecule has 3 nitrogen and oxygen atoms in total. The highest BCUT2D eigenvalue weighted by molar-refractivity contribution is 5.95. The van der Waals surface area contributed by atoms with Crippen LogP contribution in [0.2, 0.25) is 0 Å². The van der Waals surface area contributed by atoms with Gasteiger partial charge >= 0.3 is 5.97 Å². The van der Waals surface area contributed by atoms with Gasteiger partial charge in [-0.05, 0) is 23.9 Å². The molecule has 0 bridgehead atoms. The van der Waals surface area contributed by atoms with Crippen molar-refractivity contribution >= 4 is 22.4 Å². The molecule has 0 unspecified atom stereocenters. The Morgan fingerprint density at radius 3 is 2.35 bits per heavy atom. The van der Waals surface area contributed by atoms with E-state index < -0.39 is 12.0 Å². The van der Waals surface area contributed by atoms with Crippen molar-refractivity contribution in [1.82, 2.24) is 0 Å². The van der Waals surface area contributed by atoms with Crippen LogP contribution in [0.3, 0.4) is 0 Å². The normalized spacial score (nSPS) is 12.0. The lowest BCUT2D eigenvalue weighted by atomic mass is 10.1. The summed E-state index contributed by atoms with van der Waals surface area (Å²) < 4.78 is 0. The number of hydrogen-bond acceptors (Lipinski definition) is 2. The first-order chi connectivity index (χ1) is 11.2. The van der Waals surface area contributed by atoms with Gasteiger partial charge in [0, 0.05) is 17.6 Å². The first-order valence-corrected chi connectivity index (χ1v) is 7.68. The number of carbonyl (C=O) groups is 1. The fraction of sp³-hybridized carbons (Fsp3) is 0.150. The predicted molar refractivity (Wildman–Crippen MR) is 93.7 cm³/mol. The molecule has 0 aliphatic carbocycles. The molecule has 0 aliphatic rings. The number of benzene rings is 3. The van der Waals surface area contributed by atoms with Crippen LogP contribution in [0.15, 0.2) is 72.8 Å². The fourth-order valence-electron chi connectivity index (χ4n) is 2.80. The summed E-state index contributed by atoms with van der Waals surface area (Å²) in [6.45, 7) is 2.29. The second kappa shape index (κ2) is 6.53. The molecule has 0 radical (unpaired) electrons. The van der Waals surface area contributed by atoms with E-state index in [0.29, 0.717) is 6.54 Å². The van der Waals surface area contributed by atoms with E-state index in [1.54, 1.807) is 6.92 Å². The average Bonchev–Trinajstić information content (AvgIpc) is 2.59. The van der Waals surface area contributed by atoms with E-state index in [-0.39, 0.29) is 0 Å². The monoisotopic (exact) mass is 305 g/mol. The minimum atomic E-state index is -0.825. The number of carboxylic acids is 1. The average molecular weight is 305 g/mol. The Balaban J connectivity index is 2.08. The number of nitrogens with zero attached hydrogens (tertiary/aromatic N) is 1. The Morgan fingerprint density at radius 1 is 0.957 bits per heavy atom. The summed E-state index contributed by atoms with van der Waals surface area (Å²) in [4.78, 5) is 13.5. The number of rotatable bonds is 5. The summed E-state index contributed by atoms with van der Waals surface area (Å²) in [6.07, 6.45) is 0. The van der Waals surface area contributed by atoms with Gasteiger partial charge in [0.15, 0.2) is 0 Å². The van der Waals surface area contributed by atoms with Crippen LogP contribution in [0, 0.1) is 0 Å². The molecular formula is C20H19NO2. The van der Waals surface area contributed by atoms with Gasteiger partial charge < -0.3 is 10.0 Å². The third-order valence-corrected chi connectivity index (χ3v) is 4.10. The molecule has 3 aromatic carbocycles. The van der Waals surface area contributed by atoms with E-state index in [4.69, 9.17) is 0 Å². The summed E-state index contributed by atoms with van der Waals surface area (Å²) >= 11 is 0. The van der Waals surface area contributed by atoms with Crippen molar-refractivity contribution in [2.24, 2.45) is 0 Å². The molecule has 3 rings (SSSR count). The number of aliphatic carboxylic acids is 1. The number of fused-ring (bicyclic) bond motifs is 1. The first kappa shape index (κ1) is 15.1. The van der Waals surface area contributed by atoms with E-state index in [0.717, 1.165) is 22.0 Å². The van der Waals surface area contributed by atoms with Gasteiger partial charge in [-0.3, -0.25) is 0 Å². The van der Waals surface area contributed by atoms with Gasteiger partial charge in [-0.25, -0.2) is 4.79 Å². The molecule has 0 aliphatic heterocycles. The minimum Gasteiger partial charge on any atom is -0.480 e. The Labute approximate surface area is 135 Å². The van der Waals surface area contributed by atoms with Crippen molar-refractivity contribution in [2.75, 3.05) is 4.90 Å². The molecule has 3 aromatic rings. The molecule has 1 N–H and O–H groups in total. The van der Waals surface area contributed by atoms with Crippen LogP contribution in [0.25, 0.3) is 10.8 Å². The summed E-state index contributed by atoms with van der Waals surface area (Å²) in [5, 5.41) is 11.7. The van der Waals surface area contributed by atoms with Crippen molar-refractivity contribution in [3.63, 3.8) is 0 Å². The quantitative estimate of drug-likeness (QED) is 0.763. The SMILES string of the molecule is C[C@@H](C(=O)O)N(Cc1ccccc1)c1cccc2ccccc12. The van der Waals surface area contributed by atoms with Crippen molar-refractivity contribution in [1.29, 1.82) is 0 Å². The highest BCUT2D eigenvalue weighted by Crippen LogP contribution is 2.29. The lowest BCUT2D eigenvalue weighted by Crippen LogP contribution is -2.38. The van der Waals surface area contributed by atoms with E-state index >= 15 is 0 Å². The maximum Gasteiger partial charge on any atom is 0.326 e. The molecule has 0 amide bonds. The summed E-state index contributed by atoms with van der Waals surface area (Å²) in [5.41, 5.74) is 2.04. The molecule has 0 heterocycles. The lowest BCUT2D eigenvalue weighted by Gasteiger charge is -2.30.